The van der Waals surface area contributed by atoms with Crippen LogP contribution in [-0.2, 0) is 11.2 Å². The minimum absolute atomic E-state index is 0.0449. The van der Waals surface area contributed by atoms with Crippen LogP contribution in [0.4, 0.5) is 11.4 Å². The van der Waals surface area contributed by atoms with E-state index < -0.39 is 0 Å². The Balaban J connectivity index is 1.68. The zero-order valence-electron chi connectivity index (χ0n) is 14.5. The van der Waals surface area contributed by atoms with E-state index in [2.05, 4.69) is 29.0 Å². The Morgan fingerprint density at radius 2 is 1.84 bits per heavy atom. The number of aromatic nitrogens is 1. The predicted octanol–water partition coefficient (Wildman–Crippen LogP) is 4.85. The van der Waals surface area contributed by atoms with Gasteiger partial charge in [-0.1, -0.05) is 11.6 Å². The third-order valence-electron chi connectivity index (χ3n) is 4.36. The van der Waals surface area contributed by atoms with Gasteiger partial charge in [0.25, 0.3) is 0 Å². The second kappa shape index (κ2) is 7.62. The summed E-state index contributed by atoms with van der Waals surface area (Å²) in [5.41, 5.74) is 3.89. The molecule has 2 aromatic carbocycles. The van der Waals surface area contributed by atoms with Gasteiger partial charge in [-0.2, -0.15) is 0 Å². The first kappa shape index (κ1) is 17.4. The van der Waals surface area contributed by atoms with Crippen molar-refractivity contribution in [1.82, 2.24) is 4.98 Å². The molecule has 1 heterocycles. The molecule has 1 aromatic heterocycles. The zero-order valence-corrected chi connectivity index (χ0v) is 15.2. The molecule has 1 amide bonds. The van der Waals surface area contributed by atoms with E-state index in [4.69, 9.17) is 11.6 Å². The van der Waals surface area contributed by atoms with Gasteiger partial charge < -0.3 is 15.2 Å². The molecule has 0 spiro atoms. The molecule has 4 nitrogen and oxygen atoms in total. The first-order valence-electron chi connectivity index (χ1n) is 8.51. The maximum Gasteiger partial charge on any atom is 0.228 e. The second-order valence-electron chi connectivity index (χ2n) is 5.95. The number of anilines is 2. The van der Waals surface area contributed by atoms with E-state index in [-0.39, 0.29) is 5.91 Å². The lowest BCUT2D eigenvalue weighted by Gasteiger charge is -2.21. The second-order valence-corrected chi connectivity index (χ2v) is 6.38. The maximum atomic E-state index is 12.4. The molecule has 25 heavy (non-hydrogen) atoms. The molecule has 0 radical (unpaired) electrons. The number of nitrogens with one attached hydrogen (secondary N) is 2. The number of nitrogens with zero attached hydrogens (tertiary/aromatic N) is 1. The van der Waals surface area contributed by atoms with Crippen molar-refractivity contribution in [3.05, 3.63) is 59.2 Å². The number of H-pyrrole nitrogens is 1. The van der Waals surface area contributed by atoms with Crippen LogP contribution in [0.5, 0.6) is 0 Å². The van der Waals surface area contributed by atoms with Gasteiger partial charge in [0.15, 0.2) is 0 Å². The van der Waals surface area contributed by atoms with Crippen molar-refractivity contribution in [3.63, 3.8) is 0 Å². The number of benzene rings is 2. The van der Waals surface area contributed by atoms with Gasteiger partial charge >= 0.3 is 0 Å². The van der Waals surface area contributed by atoms with Crippen LogP contribution in [0.3, 0.4) is 0 Å². The smallest absolute Gasteiger partial charge is 0.228 e. The van der Waals surface area contributed by atoms with Crippen molar-refractivity contribution < 1.29 is 4.79 Å². The van der Waals surface area contributed by atoms with Crippen LogP contribution in [0.2, 0.25) is 5.02 Å². The van der Waals surface area contributed by atoms with Gasteiger partial charge in [0, 0.05) is 46.6 Å². The summed E-state index contributed by atoms with van der Waals surface area (Å²) in [6.45, 7) is 6.19. The Morgan fingerprint density at radius 1 is 1.12 bits per heavy atom. The number of rotatable bonds is 6. The number of amides is 1. The lowest BCUT2D eigenvalue weighted by atomic mass is 10.1. The quantitative estimate of drug-likeness (QED) is 0.664. The molecule has 0 aliphatic heterocycles. The maximum absolute atomic E-state index is 12.4. The van der Waals surface area contributed by atoms with Crippen molar-refractivity contribution in [2.75, 3.05) is 23.3 Å². The molecule has 0 saturated carbocycles. The summed E-state index contributed by atoms with van der Waals surface area (Å²) in [4.78, 5) is 17.8. The lowest BCUT2D eigenvalue weighted by Crippen LogP contribution is -2.21. The van der Waals surface area contributed by atoms with E-state index in [0.29, 0.717) is 11.4 Å². The molecule has 0 aliphatic carbocycles. The standard InChI is InChI=1S/C20H22ClN3O/c1-3-24(4-2)17-8-6-16(7-9-17)23-20(25)11-14-13-22-19-10-5-15(21)12-18(14)19/h5-10,12-13,22H,3-4,11H2,1-2H3,(H,23,25). The van der Waals surface area contributed by atoms with Crippen molar-refractivity contribution >= 4 is 39.8 Å². The lowest BCUT2D eigenvalue weighted by molar-refractivity contribution is -0.115. The zero-order chi connectivity index (χ0) is 17.8. The number of fused-ring (bicyclic) bond motifs is 1. The average Bonchev–Trinajstić information content (AvgIpc) is 2.99. The Labute approximate surface area is 152 Å². The monoisotopic (exact) mass is 355 g/mol. The molecule has 2 N–H and O–H groups in total. The number of halogens is 1. The van der Waals surface area contributed by atoms with Gasteiger partial charge in [0.1, 0.15) is 0 Å². The van der Waals surface area contributed by atoms with Crippen molar-refractivity contribution in [2.45, 2.75) is 20.3 Å². The summed E-state index contributed by atoms with van der Waals surface area (Å²) in [6.07, 6.45) is 2.17. The van der Waals surface area contributed by atoms with E-state index in [0.717, 1.165) is 40.9 Å². The minimum atomic E-state index is -0.0449. The highest BCUT2D eigenvalue weighted by Crippen LogP contribution is 2.23. The summed E-state index contributed by atoms with van der Waals surface area (Å²) in [6, 6.07) is 13.6. The molecule has 0 saturated heterocycles. The van der Waals surface area contributed by atoms with Gasteiger partial charge in [-0.15, -0.1) is 0 Å². The summed E-state index contributed by atoms with van der Waals surface area (Å²) < 4.78 is 0. The number of hydrogen-bond acceptors (Lipinski definition) is 2. The van der Waals surface area contributed by atoms with E-state index in [1.807, 2.05) is 48.7 Å². The first-order valence-corrected chi connectivity index (χ1v) is 8.89. The molecule has 0 unspecified atom stereocenters. The Bertz CT molecular complexity index is 866. The third kappa shape index (κ3) is 3.97. The van der Waals surface area contributed by atoms with Crippen LogP contribution in [0, 0.1) is 0 Å². The number of carbonyl (C=O) groups excluding carboxylic acids is 1. The number of carbonyl (C=O) groups is 1. The average molecular weight is 356 g/mol. The molecular formula is C20H22ClN3O. The van der Waals surface area contributed by atoms with Crippen LogP contribution in [0.25, 0.3) is 10.9 Å². The van der Waals surface area contributed by atoms with Crippen LogP contribution in [0.15, 0.2) is 48.7 Å². The molecular weight excluding hydrogens is 334 g/mol. The highest BCUT2D eigenvalue weighted by atomic mass is 35.5. The van der Waals surface area contributed by atoms with Gasteiger partial charge in [-0.3, -0.25) is 4.79 Å². The summed E-state index contributed by atoms with van der Waals surface area (Å²) in [5, 5.41) is 4.61. The van der Waals surface area contributed by atoms with E-state index in [9.17, 15) is 4.79 Å². The predicted molar refractivity (Wildman–Crippen MR) is 106 cm³/mol. The van der Waals surface area contributed by atoms with Gasteiger partial charge in [0.05, 0.1) is 6.42 Å². The third-order valence-corrected chi connectivity index (χ3v) is 4.60. The van der Waals surface area contributed by atoms with Crippen LogP contribution in [-0.4, -0.2) is 24.0 Å². The molecule has 130 valence electrons. The number of hydrogen-bond donors (Lipinski definition) is 2. The van der Waals surface area contributed by atoms with E-state index in [1.165, 1.54) is 0 Å². The van der Waals surface area contributed by atoms with Crippen molar-refractivity contribution in [2.24, 2.45) is 0 Å². The summed E-state index contributed by atoms with van der Waals surface area (Å²) in [5.74, 6) is -0.0449. The summed E-state index contributed by atoms with van der Waals surface area (Å²) >= 11 is 6.06. The highest BCUT2D eigenvalue weighted by molar-refractivity contribution is 6.31. The molecule has 5 heteroatoms. The first-order chi connectivity index (χ1) is 12.1. The van der Waals surface area contributed by atoms with Crippen LogP contribution < -0.4 is 10.2 Å². The SMILES string of the molecule is CCN(CC)c1ccc(NC(=O)Cc2c[nH]c3ccc(Cl)cc23)cc1. The fourth-order valence-corrected chi connectivity index (χ4v) is 3.19. The fourth-order valence-electron chi connectivity index (χ4n) is 3.02. The molecule has 3 rings (SSSR count). The normalized spacial score (nSPS) is 10.8. The van der Waals surface area contributed by atoms with E-state index in [1.54, 1.807) is 0 Å². The number of aromatic amines is 1. The molecule has 0 fully saturated rings. The van der Waals surface area contributed by atoms with Gasteiger partial charge in [0.2, 0.25) is 5.91 Å². The van der Waals surface area contributed by atoms with Gasteiger partial charge in [-0.05, 0) is 61.9 Å². The minimum Gasteiger partial charge on any atom is -0.372 e. The topological polar surface area (TPSA) is 48.1 Å². The van der Waals surface area contributed by atoms with E-state index >= 15 is 0 Å². The highest BCUT2D eigenvalue weighted by Gasteiger charge is 2.10. The Hall–Kier alpha value is -2.46. The van der Waals surface area contributed by atoms with Crippen molar-refractivity contribution in [3.8, 4) is 0 Å². The van der Waals surface area contributed by atoms with Crippen molar-refractivity contribution in [1.29, 1.82) is 0 Å². The van der Waals surface area contributed by atoms with Gasteiger partial charge in [-0.25, -0.2) is 0 Å². The summed E-state index contributed by atoms with van der Waals surface area (Å²) in [7, 11) is 0. The van der Waals surface area contributed by atoms with Crippen LogP contribution in [0.1, 0.15) is 19.4 Å². The Kier molecular flexibility index (Phi) is 5.29. The fraction of sp³-hybridized carbons (Fsp3) is 0.250. The Morgan fingerprint density at radius 3 is 2.52 bits per heavy atom. The largest absolute Gasteiger partial charge is 0.372 e. The molecule has 3 aromatic rings. The molecule has 0 atom stereocenters. The molecule has 0 bridgehead atoms. The van der Waals surface area contributed by atoms with Crippen LogP contribution >= 0.6 is 11.6 Å². The molecule has 0 aliphatic rings.